The van der Waals surface area contributed by atoms with E-state index in [2.05, 4.69) is 25.8 Å². The maximum Gasteiger partial charge on any atom is 0.270 e. The molecule has 0 unspecified atom stereocenters. The van der Waals surface area contributed by atoms with Crippen molar-refractivity contribution >= 4 is 34.0 Å². The number of carbonyl (C=O) groups excluding carboxylic acids is 2. The molecule has 2 rings (SSSR count). The van der Waals surface area contributed by atoms with Gasteiger partial charge in [-0.05, 0) is 13.1 Å². The van der Waals surface area contributed by atoms with Gasteiger partial charge in [0.25, 0.3) is 11.8 Å². The van der Waals surface area contributed by atoms with Crippen LogP contribution >= 0.6 is 11.3 Å². The molecule has 0 radical (unpaired) electrons. The maximum absolute atomic E-state index is 12.1. The number of likely N-dealkylation sites (N-methyl/N-ethyl adjacent to an activating group) is 1. The molecule has 1 heterocycles. The lowest BCUT2D eigenvalue weighted by Crippen LogP contribution is -2.30. The van der Waals surface area contributed by atoms with Gasteiger partial charge in [0.1, 0.15) is 5.69 Å². The highest BCUT2D eigenvalue weighted by atomic mass is 32.1. The summed E-state index contributed by atoms with van der Waals surface area (Å²) in [4.78, 5) is 31.3. The summed E-state index contributed by atoms with van der Waals surface area (Å²) in [7, 11) is 1.80. The lowest BCUT2D eigenvalue weighted by molar-refractivity contribution is 0.0948. The molecule has 23 heavy (non-hydrogen) atoms. The van der Waals surface area contributed by atoms with Crippen LogP contribution in [0.4, 0.5) is 10.8 Å². The molecule has 0 atom stereocenters. The van der Waals surface area contributed by atoms with E-state index in [-0.39, 0.29) is 17.5 Å². The molecule has 0 saturated heterocycles. The van der Waals surface area contributed by atoms with E-state index in [0.717, 1.165) is 0 Å². The maximum atomic E-state index is 12.1. The normalized spacial score (nSPS) is 9.91. The van der Waals surface area contributed by atoms with Gasteiger partial charge < -0.3 is 10.6 Å². The van der Waals surface area contributed by atoms with Crippen LogP contribution in [-0.4, -0.2) is 36.9 Å². The molecule has 2 amide bonds. The number of amides is 2. The number of carbonyl (C=O) groups is 2. The largest absolute Gasteiger partial charge is 0.349 e. The number of rotatable bonds is 6. The molecule has 8 heteroatoms. The van der Waals surface area contributed by atoms with Crippen LogP contribution in [0.5, 0.6) is 0 Å². The molecule has 0 aliphatic rings. The Kier molecular flexibility index (Phi) is 5.80. The second-order valence-corrected chi connectivity index (χ2v) is 5.37. The Hall–Kier alpha value is -2.76. The van der Waals surface area contributed by atoms with Crippen molar-refractivity contribution in [1.82, 2.24) is 15.6 Å². The number of benzene rings is 1. The van der Waals surface area contributed by atoms with Crippen LogP contribution in [-0.2, 0) is 0 Å². The average molecular weight is 329 g/mol. The fraction of sp³-hybridized carbons (Fsp3) is 0.200. The molecule has 1 aromatic carbocycles. The zero-order valence-corrected chi connectivity index (χ0v) is 13.2. The minimum Gasteiger partial charge on any atom is -0.349 e. The number of nitrogens with zero attached hydrogens (tertiary/aromatic N) is 2. The van der Waals surface area contributed by atoms with Gasteiger partial charge in [0.05, 0.1) is 6.57 Å². The van der Waals surface area contributed by atoms with Crippen LogP contribution < -0.4 is 16.0 Å². The summed E-state index contributed by atoms with van der Waals surface area (Å²) in [5, 5.41) is 10.2. The van der Waals surface area contributed by atoms with Gasteiger partial charge in [0, 0.05) is 24.0 Å². The molecule has 118 valence electrons. The summed E-state index contributed by atoms with van der Waals surface area (Å²) in [6.07, 6.45) is 0. The third kappa shape index (κ3) is 4.60. The Morgan fingerprint density at radius 3 is 2.87 bits per heavy atom. The van der Waals surface area contributed by atoms with E-state index in [9.17, 15) is 9.59 Å². The molecule has 2 aromatic rings. The van der Waals surface area contributed by atoms with Gasteiger partial charge >= 0.3 is 0 Å². The third-order valence-corrected chi connectivity index (χ3v) is 3.61. The Balaban J connectivity index is 1.99. The Bertz CT molecular complexity index is 750. The molecule has 0 saturated carbocycles. The lowest BCUT2D eigenvalue weighted by Gasteiger charge is -2.03. The number of anilines is 1. The first kappa shape index (κ1) is 16.6. The molecule has 3 N–H and O–H groups in total. The Labute approximate surface area is 137 Å². The zero-order valence-electron chi connectivity index (χ0n) is 12.4. The van der Waals surface area contributed by atoms with Crippen molar-refractivity contribution in [2.24, 2.45) is 0 Å². The SMILES string of the molecule is [C-]#[N+]c1cccc(C(=O)Nc2nc(C(=O)NCCNC)cs2)c1. The highest BCUT2D eigenvalue weighted by molar-refractivity contribution is 7.14. The predicted octanol–water partition coefficient (Wildman–Crippen LogP) is 1.90. The molecule has 7 nitrogen and oxygen atoms in total. The number of thiazole rings is 1. The van der Waals surface area contributed by atoms with Crippen molar-refractivity contribution in [1.29, 1.82) is 0 Å². The highest BCUT2D eigenvalue weighted by Gasteiger charge is 2.13. The number of hydrogen-bond donors (Lipinski definition) is 3. The second-order valence-electron chi connectivity index (χ2n) is 4.51. The number of nitrogens with one attached hydrogen (secondary N) is 3. The zero-order chi connectivity index (χ0) is 16.7. The molecule has 0 bridgehead atoms. The second kappa shape index (κ2) is 8.03. The summed E-state index contributed by atoms with van der Waals surface area (Å²) in [6, 6.07) is 6.38. The van der Waals surface area contributed by atoms with E-state index in [4.69, 9.17) is 6.57 Å². The van der Waals surface area contributed by atoms with Crippen molar-refractivity contribution in [2.75, 3.05) is 25.5 Å². The van der Waals surface area contributed by atoms with Gasteiger partial charge in [0.15, 0.2) is 10.8 Å². The third-order valence-electron chi connectivity index (χ3n) is 2.86. The minimum absolute atomic E-state index is 0.260. The fourth-order valence-corrected chi connectivity index (χ4v) is 2.40. The van der Waals surface area contributed by atoms with Crippen LogP contribution in [0.3, 0.4) is 0 Å². The first-order valence-electron chi connectivity index (χ1n) is 6.81. The summed E-state index contributed by atoms with van der Waals surface area (Å²) in [6.45, 7) is 8.12. The van der Waals surface area contributed by atoms with Gasteiger partial charge in [-0.25, -0.2) is 9.83 Å². The van der Waals surface area contributed by atoms with Crippen molar-refractivity contribution in [2.45, 2.75) is 0 Å². The molecular formula is C15H15N5O2S. The van der Waals surface area contributed by atoms with E-state index < -0.39 is 0 Å². The van der Waals surface area contributed by atoms with E-state index in [1.165, 1.54) is 17.4 Å². The summed E-state index contributed by atoms with van der Waals surface area (Å²) >= 11 is 1.17. The van der Waals surface area contributed by atoms with Crippen LogP contribution in [0, 0.1) is 6.57 Å². The molecule has 0 aliphatic heterocycles. The molecule has 0 spiro atoms. The Morgan fingerprint density at radius 2 is 2.13 bits per heavy atom. The smallest absolute Gasteiger partial charge is 0.270 e. The van der Waals surface area contributed by atoms with Crippen molar-refractivity contribution < 1.29 is 9.59 Å². The standard InChI is InChI=1S/C15H15N5O2S/c1-16-6-7-18-14(22)12-9-23-15(19-12)20-13(21)10-4-3-5-11(8-10)17-2/h3-5,8-9,16H,6-7H2,1H3,(H,18,22)(H,19,20,21). The van der Waals surface area contributed by atoms with Gasteiger partial charge in [0.2, 0.25) is 0 Å². The molecule has 0 fully saturated rings. The van der Waals surface area contributed by atoms with Crippen LogP contribution in [0.25, 0.3) is 4.85 Å². The average Bonchev–Trinajstić information content (AvgIpc) is 3.03. The van der Waals surface area contributed by atoms with Crippen LogP contribution in [0.15, 0.2) is 29.6 Å². The molecule has 1 aromatic heterocycles. The number of aromatic nitrogens is 1. The monoisotopic (exact) mass is 329 g/mol. The van der Waals surface area contributed by atoms with Crippen LogP contribution in [0.2, 0.25) is 0 Å². The highest BCUT2D eigenvalue weighted by Crippen LogP contribution is 2.18. The quantitative estimate of drug-likeness (QED) is 0.558. The van der Waals surface area contributed by atoms with Crippen molar-refractivity contribution in [3.05, 3.63) is 52.3 Å². The number of hydrogen-bond acceptors (Lipinski definition) is 5. The fourth-order valence-electron chi connectivity index (χ4n) is 1.71. The van der Waals surface area contributed by atoms with Gasteiger partial charge in [-0.3, -0.25) is 14.9 Å². The van der Waals surface area contributed by atoms with E-state index in [0.29, 0.717) is 29.5 Å². The van der Waals surface area contributed by atoms with E-state index >= 15 is 0 Å². The summed E-state index contributed by atoms with van der Waals surface area (Å²) in [5.74, 6) is -0.654. The Morgan fingerprint density at radius 1 is 1.30 bits per heavy atom. The van der Waals surface area contributed by atoms with Crippen LogP contribution in [0.1, 0.15) is 20.8 Å². The topological polar surface area (TPSA) is 87.5 Å². The molecular weight excluding hydrogens is 314 g/mol. The van der Waals surface area contributed by atoms with E-state index in [1.807, 2.05) is 0 Å². The minimum atomic E-state index is -0.369. The molecule has 0 aliphatic carbocycles. The summed E-state index contributed by atoms with van der Waals surface area (Å²) < 4.78 is 0. The van der Waals surface area contributed by atoms with E-state index in [1.54, 1.807) is 30.6 Å². The van der Waals surface area contributed by atoms with Gasteiger partial charge in [-0.2, -0.15) is 0 Å². The summed E-state index contributed by atoms with van der Waals surface area (Å²) in [5.41, 5.74) is 1.02. The van der Waals surface area contributed by atoms with Gasteiger partial charge in [-0.15, -0.1) is 11.3 Å². The first-order chi connectivity index (χ1) is 11.1. The first-order valence-corrected chi connectivity index (χ1v) is 7.69. The van der Waals surface area contributed by atoms with Crippen molar-refractivity contribution in [3.63, 3.8) is 0 Å². The predicted molar refractivity (Wildman–Crippen MR) is 89.0 cm³/mol. The van der Waals surface area contributed by atoms with Crippen molar-refractivity contribution in [3.8, 4) is 0 Å². The lowest BCUT2D eigenvalue weighted by atomic mass is 10.2. The van der Waals surface area contributed by atoms with Gasteiger partial charge in [-0.1, -0.05) is 18.2 Å².